The fraction of sp³-hybridized carbons (Fsp3) is 0.905. The molecule has 0 fully saturated rings. The van der Waals surface area contributed by atoms with Gasteiger partial charge in [-0.25, -0.2) is 0 Å². The third kappa shape index (κ3) is 13.7. The Morgan fingerprint density at radius 3 is 1.52 bits per heavy atom. The number of aliphatic hydroxyl groups is 2. The molecule has 0 aliphatic heterocycles. The zero-order chi connectivity index (χ0) is 24.6. The zero-order valence-corrected chi connectivity index (χ0v) is 20.8. The molecule has 0 heterocycles. The maximum Gasteiger partial charge on any atom is 0.267 e. The highest BCUT2D eigenvalue weighted by atomic mass is 32.2. The molecule has 0 bridgehead atoms. The van der Waals surface area contributed by atoms with E-state index in [-0.39, 0.29) is 25.2 Å². The summed E-state index contributed by atoms with van der Waals surface area (Å²) in [6.45, 7) is 12.0. The number of amides is 2. The van der Waals surface area contributed by atoms with E-state index < -0.39 is 56.9 Å². The molecule has 4 atom stereocenters. The van der Waals surface area contributed by atoms with Gasteiger partial charge in [0.2, 0.25) is 11.8 Å². The largest absolute Gasteiger partial charge is 0.393 e. The van der Waals surface area contributed by atoms with Crippen molar-refractivity contribution in [2.75, 3.05) is 5.75 Å². The van der Waals surface area contributed by atoms with Crippen molar-refractivity contribution in [2.45, 2.75) is 104 Å². The molecule has 5 N–H and O–H groups in total. The van der Waals surface area contributed by atoms with Gasteiger partial charge in [-0.05, 0) is 66.7 Å². The van der Waals surface area contributed by atoms with Crippen LogP contribution in [0.1, 0.15) is 80.6 Å². The normalized spacial score (nSPS) is 16.8. The number of hydrogen-bond acceptors (Lipinski definition) is 6. The molecule has 0 radical (unpaired) electrons. The van der Waals surface area contributed by atoms with E-state index in [4.69, 9.17) is 4.55 Å². The standard InChI is InChI=1S/C21H42N2O7S/c1-8-16(24)11-14(18(26)22-20(3,4)5)10-15(12-17(25)9-2)19(27)23-21(6,7)13-31(28,29)30/h14-17,24-25H,8-13H2,1-7H3,(H,22,26)(H,23,27)(H,28,29,30). The van der Waals surface area contributed by atoms with Crippen molar-refractivity contribution < 1.29 is 32.8 Å². The molecule has 2 amide bonds. The molecule has 0 aliphatic carbocycles. The molecule has 0 aromatic carbocycles. The SMILES string of the molecule is CCC(O)CC(CC(CC(O)CC)C(=O)NC(C)(C)CS(=O)(=O)O)C(=O)NC(C)(C)C. The first-order valence-electron chi connectivity index (χ1n) is 10.8. The van der Waals surface area contributed by atoms with Gasteiger partial charge in [0.15, 0.2) is 0 Å². The van der Waals surface area contributed by atoms with E-state index in [1.807, 2.05) is 20.8 Å². The van der Waals surface area contributed by atoms with Crippen molar-refractivity contribution in [1.82, 2.24) is 10.6 Å². The lowest BCUT2D eigenvalue weighted by atomic mass is 9.84. The quantitative estimate of drug-likeness (QED) is 0.259. The van der Waals surface area contributed by atoms with Gasteiger partial charge in [0.25, 0.3) is 10.1 Å². The Morgan fingerprint density at radius 1 is 0.806 bits per heavy atom. The van der Waals surface area contributed by atoms with Crippen LogP contribution in [-0.2, 0) is 19.7 Å². The van der Waals surface area contributed by atoms with Gasteiger partial charge in [-0.3, -0.25) is 14.1 Å². The third-order valence-corrected chi connectivity index (χ3v) is 5.96. The van der Waals surface area contributed by atoms with Crippen LogP contribution >= 0.6 is 0 Å². The highest BCUT2D eigenvalue weighted by Gasteiger charge is 2.34. The molecule has 0 aromatic heterocycles. The number of aliphatic hydroxyl groups excluding tert-OH is 2. The van der Waals surface area contributed by atoms with Crippen LogP contribution in [0.2, 0.25) is 0 Å². The Kier molecular flexibility index (Phi) is 11.6. The Bertz CT molecular complexity index is 686. The lowest BCUT2D eigenvalue weighted by Crippen LogP contribution is -2.51. The first-order chi connectivity index (χ1) is 13.9. The van der Waals surface area contributed by atoms with Gasteiger partial charge in [0.05, 0.1) is 23.5 Å². The smallest absolute Gasteiger partial charge is 0.267 e. The van der Waals surface area contributed by atoms with Crippen molar-refractivity contribution in [2.24, 2.45) is 11.8 Å². The van der Waals surface area contributed by atoms with Crippen LogP contribution in [0.25, 0.3) is 0 Å². The Balaban J connectivity index is 5.71. The molecule has 10 heteroatoms. The van der Waals surface area contributed by atoms with Crippen LogP contribution in [0.5, 0.6) is 0 Å². The fourth-order valence-corrected chi connectivity index (χ4v) is 4.34. The van der Waals surface area contributed by atoms with Crippen LogP contribution in [0.4, 0.5) is 0 Å². The second-order valence-corrected chi connectivity index (χ2v) is 11.5. The van der Waals surface area contributed by atoms with Crippen molar-refractivity contribution in [3.05, 3.63) is 0 Å². The molecular formula is C21H42N2O7S. The molecular weight excluding hydrogens is 424 g/mol. The van der Waals surface area contributed by atoms with Gasteiger partial charge in [-0.1, -0.05) is 13.8 Å². The highest BCUT2D eigenvalue weighted by molar-refractivity contribution is 7.85. The minimum Gasteiger partial charge on any atom is -0.393 e. The summed E-state index contributed by atoms with van der Waals surface area (Å²) in [6, 6.07) is 0. The summed E-state index contributed by atoms with van der Waals surface area (Å²) >= 11 is 0. The van der Waals surface area contributed by atoms with Crippen LogP contribution in [0.15, 0.2) is 0 Å². The molecule has 0 spiro atoms. The highest BCUT2D eigenvalue weighted by Crippen LogP contribution is 2.25. The van der Waals surface area contributed by atoms with Gasteiger partial charge in [-0.2, -0.15) is 8.42 Å². The second-order valence-electron chi connectivity index (χ2n) is 10.1. The second kappa shape index (κ2) is 12.1. The van der Waals surface area contributed by atoms with Crippen LogP contribution < -0.4 is 10.6 Å². The number of carbonyl (C=O) groups is 2. The van der Waals surface area contributed by atoms with E-state index in [2.05, 4.69) is 10.6 Å². The molecule has 0 aromatic rings. The molecule has 0 rings (SSSR count). The minimum atomic E-state index is -4.32. The molecule has 0 saturated carbocycles. The number of nitrogens with one attached hydrogen (secondary N) is 2. The first-order valence-corrected chi connectivity index (χ1v) is 12.4. The van der Waals surface area contributed by atoms with E-state index in [1.54, 1.807) is 13.8 Å². The van der Waals surface area contributed by atoms with E-state index in [0.717, 1.165) is 0 Å². The summed E-state index contributed by atoms with van der Waals surface area (Å²) in [5, 5.41) is 25.8. The third-order valence-electron chi connectivity index (χ3n) is 4.87. The van der Waals surface area contributed by atoms with Crippen molar-refractivity contribution in [1.29, 1.82) is 0 Å². The Labute approximate surface area is 187 Å². The predicted molar refractivity (Wildman–Crippen MR) is 120 cm³/mol. The van der Waals surface area contributed by atoms with Gasteiger partial charge in [0.1, 0.15) is 0 Å². The maximum absolute atomic E-state index is 13.0. The van der Waals surface area contributed by atoms with Crippen molar-refractivity contribution >= 4 is 21.9 Å². The van der Waals surface area contributed by atoms with E-state index in [0.29, 0.717) is 12.8 Å². The lowest BCUT2D eigenvalue weighted by molar-refractivity contribution is -0.131. The average Bonchev–Trinajstić information content (AvgIpc) is 2.55. The van der Waals surface area contributed by atoms with Gasteiger partial charge >= 0.3 is 0 Å². The lowest BCUT2D eigenvalue weighted by Gasteiger charge is -2.31. The minimum absolute atomic E-state index is 0.0871. The van der Waals surface area contributed by atoms with Crippen molar-refractivity contribution in [3.8, 4) is 0 Å². The Morgan fingerprint density at radius 2 is 1.19 bits per heavy atom. The van der Waals surface area contributed by atoms with Gasteiger partial charge in [0, 0.05) is 17.4 Å². The van der Waals surface area contributed by atoms with E-state index in [9.17, 15) is 28.2 Å². The molecule has 31 heavy (non-hydrogen) atoms. The average molecular weight is 467 g/mol. The van der Waals surface area contributed by atoms with Gasteiger partial charge < -0.3 is 20.8 Å². The Hall–Kier alpha value is -1.23. The summed E-state index contributed by atoms with van der Waals surface area (Å²) in [7, 11) is -4.32. The topological polar surface area (TPSA) is 153 Å². The van der Waals surface area contributed by atoms with Gasteiger partial charge in [-0.15, -0.1) is 0 Å². The summed E-state index contributed by atoms with van der Waals surface area (Å²) in [5.41, 5.74) is -1.74. The van der Waals surface area contributed by atoms with E-state index in [1.165, 1.54) is 13.8 Å². The van der Waals surface area contributed by atoms with Crippen molar-refractivity contribution in [3.63, 3.8) is 0 Å². The monoisotopic (exact) mass is 466 g/mol. The molecule has 9 nitrogen and oxygen atoms in total. The maximum atomic E-state index is 13.0. The first kappa shape index (κ1) is 29.8. The fourth-order valence-electron chi connectivity index (χ4n) is 3.35. The summed E-state index contributed by atoms with van der Waals surface area (Å²) in [6.07, 6.45) is -0.285. The van der Waals surface area contributed by atoms with Crippen LogP contribution in [0, 0.1) is 11.8 Å². The summed E-state index contributed by atoms with van der Waals surface area (Å²) in [5.74, 6) is -2.92. The number of carbonyl (C=O) groups excluding carboxylic acids is 2. The molecule has 0 saturated heterocycles. The summed E-state index contributed by atoms with van der Waals surface area (Å²) in [4.78, 5) is 25.9. The number of rotatable bonds is 13. The molecule has 184 valence electrons. The number of hydrogen-bond donors (Lipinski definition) is 5. The zero-order valence-electron chi connectivity index (χ0n) is 19.9. The van der Waals surface area contributed by atoms with Crippen LogP contribution in [0.3, 0.4) is 0 Å². The van der Waals surface area contributed by atoms with Crippen LogP contribution in [-0.4, -0.2) is 64.0 Å². The summed E-state index contributed by atoms with van der Waals surface area (Å²) < 4.78 is 31.7. The molecule has 0 aliphatic rings. The molecule has 4 unspecified atom stereocenters. The predicted octanol–water partition coefficient (Wildman–Crippen LogP) is 1.63. The van der Waals surface area contributed by atoms with E-state index >= 15 is 0 Å².